The number of benzene rings is 2. The van der Waals surface area contributed by atoms with Gasteiger partial charge in [0.05, 0.1) is 0 Å². The first-order chi connectivity index (χ1) is 13.7. The summed E-state index contributed by atoms with van der Waals surface area (Å²) in [6.07, 6.45) is 20.5. The monoisotopic (exact) mass is 368 g/mol. The maximum Gasteiger partial charge on any atom is 0.194 e. The molecule has 2 aromatic rings. The lowest BCUT2D eigenvalue weighted by Crippen LogP contribution is -1.97. The van der Waals surface area contributed by atoms with Gasteiger partial charge in [-0.2, -0.15) is 0 Å². The van der Waals surface area contributed by atoms with Crippen LogP contribution in [0.5, 0.6) is 0 Å². The Labute approximate surface area is 168 Å². The van der Waals surface area contributed by atoms with E-state index in [1.165, 1.54) is 11.1 Å². The molecule has 1 heteroatoms. The van der Waals surface area contributed by atoms with Gasteiger partial charge in [-0.3, -0.25) is 4.79 Å². The number of carbonyl (C=O) groups excluding carboxylic acids is 1. The first kappa shape index (κ1) is 19.8. The van der Waals surface area contributed by atoms with Gasteiger partial charge in [0.1, 0.15) is 0 Å². The average molecular weight is 369 g/mol. The zero-order valence-electron chi connectivity index (χ0n) is 16.8. The second kappa shape index (κ2) is 9.85. The maximum atomic E-state index is 13.0. The van der Waals surface area contributed by atoms with Crippen molar-refractivity contribution in [3.05, 3.63) is 107 Å². The molecule has 2 aromatic carbocycles. The Bertz CT molecular complexity index is 877. The third kappa shape index (κ3) is 4.67. The van der Waals surface area contributed by atoms with Crippen LogP contribution in [0.4, 0.5) is 0 Å². The highest BCUT2D eigenvalue weighted by Crippen LogP contribution is 2.37. The molecular formula is C27H28O. The fourth-order valence-corrected chi connectivity index (χ4v) is 3.56. The number of hydrogen-bond donors (Lipinski definition) is 0. The van der Waals surface area contributed by atoms with Crippen LogP contribution in [-0.4, -0.2) is 5.78 Å². The molecule has 1 aliphatic carbocycles. The number of carbonyl (C=O) groups is 1. The van der Waals surface area contributed by atoms with E-state index in [9.17, 15) is 4.79 Å². The van der Waals surface area contributed by atoms with Gasteiger partial charge < -0.3 is 0 Å². The van der Waals surface area contributed by atoms with Gasteiger partial charge in [0.15, 0.2) is 5.78 Å². The van der Waals surface area contributed by atoms with E-state index < -0.39 is 0 Å². The quantitative estimate of drug-likeness (QED) is 0.390. The van der Waals surface area contributed by atoms with Gasteiger partial charge in [0.2, 0.25) is 0 Å². The number of hydrogen-bond acceptors (Lipinski definition) is 1. The second-order valence-electron chi connectivity index (χ2n) is 7.07. The van der Waals surface area contributed by atoms with Gasteiger partial charge in [-0.15, -0.1) is 0 Å². The van der Waals surface area contributed by atoms with Crippen molar-refractivity contribution in [1.82, 2.24) is 0 Å². The highest BCUT2D eigenvalue weighted by atomic mass is 16.1. The molecule has 0 aromatic heterocycles. The third-order valence-corrected chi connectivity index (χ3v) is 5.03. The van der Waals surface area contributed by atoms with Gasteiger partial charge in [-0.1, -0.05) is 72.9 Å². The SMILES string of the molecule is C/C=C/C=C/CCc1ccc2c(c1)C(=O)c1cc(CC/C=C/C=C/C)ccc1-2. The first-order valence-electron chi connectivity index (χ1n) is 10.1. The van der Waals surface area contributed by atoms with Crippen molar-refractivity contribution in [3.8, 4) is 11.1 Å². The molecule has 0 atom stereocenters. The van der Waals surface area contributed by atoms with Crippen LogP contribution in [0.25, 0.3) is 11.1 Å². The van der Waals surface area contributed by atoms with Crippen molar-refractivity contribution in [1.29, 1.82) is 0 Å². The summed E-state index contributed by atoms with van der Waals surface area (Å²) in [6, 6.07) is 12.7. The number of rotatable bonds is 8. The van der Waals surface area contributed by atoms with Crippen molar-refractivity contribution in [3.63, 3.8) is 0 Å². The van der Waals surface area contributed by atoms with Crippen LogP contribution in [-0.2, 0) is 12.8 Å². The molecule has 0 saturated heterocycles. The van der Waals surface area contributed by atoms with Crippen LogP contribution in [0.1, 0.15) is 53.7 Å². The summed E-state index contributed by atoms with van der Waals surface area (Å²) >= 11 is 0. The summed E-state index contributed by atoms with van der Waals surface area (Å²) < 4.78 is 0. The van der Waals surface area contributed by atoms with Gasteiger partial charge in [0.25, 0.3) is 0 Å². The number of aryl methyl sites for hydroxylation is 2. The Balaban J connectivity index is 1.72. The lowest BCUT2D eigenvalue weighted by atomic mass is 10.00. The van der Waals surface area contributed by atoms with Crippen molar-refractivity contribution in [2.45, 2.75) is 39.5 Å². The molecule has 0 heterocycles. The van der Waals surface area contributed by atoms with Crippen LogP contribution in [0, 0.1) is 0 Å². The Morgan fingerprint density at radius 3 is 1.54 bits per heavy atom. The van der Waals surface area contributed by atoms with Crippen LogP contribution < -0.4 is 0 Å². The largest absolute Gasteiger partial charge is 0.289 e. The summed E-state index contributed by atoms with van der Waals surface area (Å²) in [5.41, 5.74) is 6.31. The van der Waals surface area contributed by atoms with Crippen LogP contribution in [0.3, 0.4) is 0 Å². The fraction of sp³-hybridized carbons (Fsp3) is 0.222. The maximum absolute atomic E-state index is 13.0. The molecule has 0 bridgehead atoms. The predicted molar refractivity (Wildman–Crippen MR) is 120 cm³/mol. The lowest BCUT2D eigenvalue weighted by Gasteiger charge is -2.04. The van der Waals surface area contributed by atoms with Crippen molar-refractivity contribution in [2.24, 2.45) is 0 Å². The van der Waals surface area contributed by atoms with Crippen molar-refractivity contribution < 1.29 is 4.79 Å². The Morgan fingerprint density at radius 2 is 1.11 bits per heavy atom. The molecule has 0 amide bonds. The topological polar surface area (TPSA) is 17.1 Å². The third-order valence-electron chi connectivity index (χ3n) is 5.03. The molecule has 0 fully saturated rings. The molecule has 1 aliphatic rings. The minimum atomic E-state index is 0.169. The van der Waals surface area contributed by atoms with E-state index >= 15 is 0 Å². The van der Waals surface area contributed by atoms with E-state index in [-0.39, 0.29) is 5.78 Å². The molecule has 0 spiro atoms. The van der Waals surface area contributed by atoms with Gasteiger partial charge in [-0.25, -0.2) is 0 Å². The molecule has 142 valence electrons. The molecule has 0 N–H and O–H groups in total. The zero-order chi connectivity index (χ0) is 19.8. The zero-order valence-corrected chi connectivity index (χ0v) is 16.8. The molecule has 0 radical (unpaired) electrons. The Kier molecular flexibility index (Phi) is 6.97. The predicted octanol–water partition coefficient (Wildman–Crippen LogP) is 7.03. The minimum Gasteiger partial charge on any atom is -0.289 e. The normalized spacial score (nSPS) is 13.4. The van der Waals surface area contributed by atoms with Crippen molar-refractivity contribution >= 4 is 5.78 Å². The van der Waals surface area contributed by atoms with Crippen LogP contribution in [0.15, 0.2) is 85.0 Å². The molecule has 1 nitrogen and oxygen atoms in total. The molecule has 0 saturated carbocycles. The molecule has 0 aliphatic heterocycles. The van der Waals surface area contributed by atoms with E-state index in [2.05, 4.69) is 60.7 Å². The first-order valence-corrected chi connectivity index (χ1v) is 10.1. The van der Waals surface area contributed by atoms with Crippen LogP contribution >= 0.6 is 0 Å². The fourth-order valence-electron chi connectivity index (χ4n) is 3.56. The average Bonchev–Trinajstić information content (AvgIpc) is 2.99. The van der Waals surface area contributed by atoms with Crippen molar-refractivity contribution in [2.75, 3.05) is 0 Å². The molecule has 28 heavy (non-hydrogen) atoms. The van der Waals surface area contributed by atoms with Gasteiger partial charge >= 0.3 is 0 Å². The molecule has 0 unspecified atom stereocenters. The highest BCUT2D eigenvalue weighted by molar-refractivity contribution is 6.21. The summed E-state index contributed by atoms with van der Waals surface area (Å²) in [5, 5.41) is 0. The summed E-state index contributed by atoms with van der Waals surface area (Å²) in [4.78, 5) is 13.0. The minimum absolute atomic E-state index is 0.169. The summed E-state index contributed by atoms with van der Waals surface area (Å²) in [7, 11) is 0. The summed E-state index contributed by atoms with van der Waals surface area (Å²) in [6.45, 7) is 4.03. The number of ketones is 1. The second-order valence-corrected chi connectivity index (χ2v) is 7.07. The van der Waals surface area contributed by atoms with E-state index in [1.807, 2.05) is 38.2 Å². The van der Waals surface area contributed by atoms with E-state index in [1.54, 1.807) is 0 Å². The number of fused-ring (bicyclic) bond motifs is 3. The van der Waals surface area contributed by atoms with E-state index in [4.69, 9.17) is 0 Å². The lowest BCUT2D eigenvalue weighted by molar-refractivity contribution is 0.104. The van der Waals surface area contributed by atoms with E-state index in [0.29, 0.717) is 0 Å². The standard InChI is InChI=1S/C27H28O/c1-3-5-7-9-11-13-21-15-17-23-24-18-16-22(14-12-10-8-6-4-2)20-26(24)27(28)25(23)19-21/h3-10,15-20H,11-14H2,1-2H3/b5-3+,6-4+,9-7+,10-8+. The van der Waals surface area contributed by atoms with Gasteiger partial charge in [-0.05, 0) is 73.9 Å². The molecular weight excluding hydrogens is 340 g/mol. The Morgan fingerprint density at radius 1 is 0.643 bits per heavy atom. The van der Waals surface area contributed by atoms with E-state index in [0.717, 1.165) is 47.9 Å². The molecule has 3 rings (SSSR count). The smallest absolute Gasteiger partial charge is 0.194 e. The van der Waals surface area contributed by atoms with Gasteiger partial charge in [0, 0.05) is 11.1 Å². The number of allylic oxidation sites excluding steroid dienone is 8. The summed E-state index contributed by atoms with van der Waals surface area (Å²) in [5.74, 6) is 0.169. The highest BCUT2D eigenvalue weighted by Gasteiger charge is 2.26. The van der Waals surface area contributed by atoms with Crippen LogP contribution in [0.2, 0.25) is 0 Å². The Hall–Kier alpha value is -2.93.